The number of aryl methyl sites for hydroxylation is 1. The monoisotopic (exact) mass is 358 g/mol. The number of nitrogens with one attached hydrogen (secondary N) is 2. The molecular formula is C17H27ClN2O4. The van der Waals surface area contributed by atoms with E-state index in [0.29, 0.717) is 35.3 Å². The SMILES string of the molecule is COC(=O)c1cc(CNC(=O)CC(C)C2CCCNC2)oc1C.Cl. The summed E-state index contributed by atoms with van der Waals surface area (Å²) in [5.74, 6) is 1.56. The van der Waals surface area contributed by atoms with Crippen molar-refractivity contribution in [3.8, 4) is 0 Å². The summed E-state index contributed by atoms with van der Waals surface area (Å²) in [5.41, 5.74) is 0.401. The lowest BCUT2D eigenvalue weighted by molar-refractivity contribution is -0.122. The van der Waals surface area contributed by atoms with Crippen LogP contribution in [0.4, 0.5) is 0 Å². The van der Waals surface area contributed by atoms with Crippen molar-refractivity contribution in [2.45, 2.75) is 39.7 Å². The van der Waals surface area contributed by atoms with Crippen molar-refractivity contribution in [1.29, 1.82) is 0 Å². The molecule has 24 heavy (non-hydrogen) atoms. The molecule has 0 spiro atoms. The van der Waals surface area contributed by atoms with E-state index in [1.807, 2.05) is 0 Å². The lowest BCUT2D eigenvalue weighted by atomic mass is 9.85. The first-order chi connectivity index (χ1) is 11.0. The highest BCUT2D eigenvalue weighted by Crippen LogP contribution is 2.22. The van der Waals surface area contributed by atoms with Crippen LogP contribution in [-0.4, -0.2) is 32.1 Å². The van der Waals surface area contributed by atoms with Crippen molar-refractivity contribution < 1.29 is 18.7 Å². The molecule has 2 unspecified atom stereocenters. The minimum absolute atomic E-state index is 0. The number of rotatable bonds is 6. The van der Waals surface area contributed by atoms with Crippen LogP contribution in [0.15, 0.2) is 10.5 Å². The van der Waals surface area contributed by atoms with Gasteiger partial charge in [0.2, 0.25) is 5.91 Å². The van der Waals surface area contributed by atoms with Crippen LogP contribution in [0.1, 0.15) is 48.1 Å². The Morgan fingerprint density at radius 1 is 1.50 bits per heavy atom. The fourth-order valence-corrected chi connectivity index (χ4v) is 3.02. The van der Waals surface area contributed by atoms with Gasteiger partial charge in [-0.1, -0.05) is 6.92 Å². The molecule has 0 aliphatic carbocycles. The van der Waals surface area contributed by atoms with Crippen molar-refractivity contribution in [3.63, 3.8) is 0 Å². The molecule has 1 saturated heterocycles. The highest BCUT2D eigenvalue weighted by Gasteiger charge is 2.22. The van der Waals surface area contributed by atoms with Crippen LogP contribution < -0.4 is 10.6 Å². The maximum atomic E-state index is 12.1. The van der Waals surface area contributed by atoms with E-state index in [1.165, 1.54) is 20.0 Å². The fourth-order valence-electron chi connectivity index (χ4n) is 3.02. The van der Waals surface area contributed by atoms with E-state index in [2.05, 4.69) is 22.3 Å². The second kappa shape index (κ2) is 9.69. The van der Waals surface area contributed by atoms with Crippen molar-refractivity contribution in [3.05, 3.63) is 23.2 Å². The summed E-state index contributed by atoms with van der Waals surface area (Å²) in [4.78, 5) is 23.6. The third-order valence-corrected chi connectivity index (χ3v) is 4.48. The molecular weight excluding hydrogens is 332 g/mol. The Kier molecular flexibility index (Phi) is 8.28. The Bertz CT molecular complexity index is 553. The number of furan rings is 1. The number of carbonyl (C=O) groups is 2. The van der Waals surface area contributed by atoms with Gasteiger partial charge in [-0.3, -0.25) is 4.79 Å². The Labute approximate surface area is 149 Å². The summed E-state index contributed by atoms with van der Waals surface area (Å²) in [7, 11) is 1.33. The normalized spacial score (nSPS) is 18.4. The van der Waals surface area contributed by atoms with Crippen LogP contribution >= 0.6 is 12.4 Å². The first-order valence-electron chi connectivity index (χ1n) is 8.16. The zero-order valence-electron chi connectivity index (χ0n) is 14.5. The lowest BCUT2D eigenvalue weighted by Crippen LogP contribution is -2.35. The van der Waals surface area contributed by atoms with Gasteiger partial charge in [-0.2, -0.15) is 0 Å². The molecule has 2 rings (SSSR count). The third-order valence-electron chi connectivity index (χ3n) is 4.48. The average Bonchev–Trinajstić information content (AvgIpc) is 2.94. The largest absolute Gasteiger partial charge is 0.465 e. The third kappa shape index (κ3) is 5.53. The Morgan fingerprint density at radius 2 is 2.25 bits per heavy atom. The number of ether oxygens (including phenoxy) is 1. The molecule has 7 heteroatoms. The van der Waals surface area contributed by atoms with Crippen LogP contribution in [-0.2, 0) is 16.1 Å². The number of hydrogen-bond acceptors (Lipinski definition) is 5. The number of piperidine rings is 1. The van der Waals surface area contributed by atoms with Crippen LogP contribution in [0.25, 0.3) is 0 Å². The number of halogens is 1. The van der Waals surface area contributed by atoms with E-state index in [9.17, 15) is 9.59 Å². The van der Waals surface area contributed by atoms with Crippen LogP contribution in [0, 0.1) is 18.8 Å². The molecule has 136 valence electrons. The predicted octanol–water partition coefficient (Wildman–Crippen LogP) is 2.44. The van der Waals surface area contributed by atoms with Gasteiger partial charge in [0.1, 0.15) is 17.1 Å². The maximum Gasteiger partial charge on any atom is 0.341 e. The van der Waals surface area contributed by atoms with Gasteiger partial charge >= 0.3 is 5.97 Å². The first-order valence-corrected chi connectivity index (χ1v) is 8.16. The number of esters is 1. The van der Waals surface area contributed by atoms with Gasteiger partial charge in [0.25, 0.3) is 0 Å². The number of methoxy groups -OCH3 is 1. The lowest BCUT2D eigenvalue weighted by Gasteiger charge is -2.27. The predicted molar refractivity (Wildman–Crippen MR) is 93.3 cm³/mol. The topological polar surface area (TPSA) is 80.6 Å². The molecule has 1 aromatic rings. The maximum absolute atomic E-state index is 12.1. The number of carbonyl (C=O) groups excluding carboxylic acids is 2. The van der Waals surface area contributed by atoms with Crippen LogP contribution in [0.3, 0.4) is 0 Å². The molecule has 0 aromatic carbocycles. The molecule has 1 aliphatic heterocycles. The van der Waals surface area contributed by atoms with E-state index in [-0.39, 0.29) is 24.9 Å². The summed E-state index contributed by atoms with van der Waals surface area (Å²) in [5, 5.41) is 6.24. The van der Waals surface area contributed by atoms with Crippen LogP contribution in [0.5, 0.6) is 0 Å². The Hall–Kier alpha value is -1.53. The van der Waals surface area contributed by atoms with E-state index < -0.39 is 5.97 Å². The van der Waals surface area contributed by atoms with E-state index >= 15 is 0 Å². The highest BCUT2D eigenvalue weighted by molar-refractivity contribution is 5.90. The fraction of sp³-hybridized carbons (Fsp3) is 0.647. The van der Waals surface area contributed by atoms with Crippen molar-refractivity contribution >= 4 is 24.3 Å². The minimum atomic E-state index is -0.428. The molecule has 0 saturated carbocycles. The second-order valence-electron chi connectivity index (χ2n) is 6.24. The highest BCUT2D eigenvalue weighted by atomic mass is 35.5. The zero-order valence-corrected chi connectivity index (χ0v) is 15.3. The van der Waals surface area contributed by atoms with Gasteiger partial charge < -0.3 is 19.8 Å². The van der Waals surface area contributed by atoms with Crippen LogP contribution in [0.2, 0.25) is 0 Å². The molecule has 2 N–H and O–H groups in total. The van der Waals surface area contributed by atoms with Gasteiger partial charge in [0.15, 0.2) is 0 Å². The molecule has 1 amide bonds. The Balaban J connectivity index is 0.00000288. The summed E-state index contributed by atoms with van der Waals surface area (Å²) < 4.78 is 10.2. The standard InChI is InChI=1S/C17H26N2O4.ClH/c1-11(13-5-4-6-18-9-13)7-16(20)19-10-14-8-15(12(2)23-14)17(21)22-3;/h8,11,13,18H,4-7,9-10H2,1-3H3,(H,19,20);1H. The smallest absolute Gasteiger partial charge is 0.341 e. The van der Waals surface area contributed by atoms with E-state index in [0.717, 1.165) is 13.1 Å². The molecule has 2 heterocycles. The average molecular weight is 359 g/mol. The number of hydrogen-bond donors (Lipinski definition) is 2. The molecule has 1 fully saturated rings. The molecule has 0 bridgehead atoms. The van der Waals surface area contributed by atoms with Crippen molar-refractivity contribution in [2.24, 2.45) is 11.8 Å². The zero-order chi connectivity index (χ0) is 16.8. The second-order valence-corrected chi connectivity index (χ2v) is 6.24. The number of amides is 1. The van der Waals surface area contributed by atoms with Gasteiger partial charge in [0.05, 0.1) is 13.7 Å². The van der Waals surface area contributed by atoms with E-state index in [4.69, 9.17) is 4.42 Å². The van der Waals surface area contributed by atoms with Gasteiger partial charge in [-0.25, -0.2) is 4.79 Å². The molecule has 1 aromatic heterocycles. The first kappa shape index (κ1) is 20.5. The molecule has 6 nitrogen and oxygen atoms in total. The molecule has 0 radical (unpaired) electrons. The van der Waals surface area contributed by atoms with Gasteiger partial charge in [-0.05, 0) is 50.8 Å². The van der Waals surface area contributed by atoms with Crippen molar-refractivity contribution in [1.82, 2.24) is 10.6 Å². The molecule has 2 atom stereocenters. The summed E-state index contributed by atoms with van der Waals surface area (Å²) in [6, 6.07) is 1.62. The molecule has 1 aliphatic rings. The summed E-state index contributed by atoms with van der Waals surface area (Å²) in [6.45, 7) is 6.19. The van der Waals surface area contributed by atoms with Crippen molar-refractivity contribution in [2.75, 3.05) is 20.2 Å². The quantitative estimate of drug-likeness (QED) is 0.763. The summed E-state index contributed by atoms with van der Waals surface area (Å²) in [6.07, 6.45) is 2.87. The van der Waals surface area contributed by atoms with Gasteiger partial charge in [0, 0.05) is 6.42 Å². The van der Waals surface area contributed by atoms with E-state index in [1.54, 1.807) is 13.0 Å². The summed E-state index contributed by atoms with van der Waals surface area (Å²) >= 11 is 0. The Morgan fingerprint density at radius 3 is 2.88 bits per heavy atom. The van der Waals surface area contributed by atoms with Gasteiger partial charge in [-0.15, -0.1) is 12.4 Å². The minimum Gasteiger partial charge on any atom is -0.465 e.